The number of thioether (sulfide) groups is 1. The molecule has 1 aliphatic rings. The van der Waals surface area contributed by atoms with Crippen molar-refractivity contribution in [2.75, 3.05) is 0 Å². The maximum absolute atomic E-state index is 12.6. The smallest absolute Gasteiger partial charge is 0.293 e. The molecular weight excluding hydrogens is 632 g/mol. The predicted molar refractivity (Wildman–Crippen MR) is 119 cm³/mol. The highest BCUT2D eigenvalue weighted by atomic mass is 127. The van der Waals surface area contributed by atoms with E-state index in [2.05, 4.69) is 15.9 Å². The Morgan fingerprint density at radius 3 is 2.44 bits per heavy atom. The van der Waals surface area contributed by atoms with Gasteiger partial charge in [0.1, 0.15) is 5.75 Å². The molecule has 0 saturated carbocycles. The van der Waals surface area contributed by atoms with Crippen molar-refractivity contribution in [1.82, 2.24) is 4.90 Å². The number of phenols is 1. The van der Waals surface area contributed by atoms with Crippen molar-refractivity contribution in [3.8, 4) is 5.75 Å². The Morgan fingerprint density at radius 2 is 1.80 bits per heavy atom. The van der Waals surface area contributed by atoms with Gasteiger partial charge in [-0.2, -0.15) is 0 Å². The zero-order valence-corrected chi connectivity index (χ0v) is 19.2. The van der Waals surface area contributed by atoms with E-state index < -0.39 is 0 Å². The number of benzene rings is 2. The molecule has 1 aliphatic heterocycles. The number of nitrogens with zero attached hydrogens (tertiary/aromatic N) is 1. The van der Waals surface area contributed by atoms with E-state index in [1.807, 2.05) is 69.4 Å². The highest BCUT2D eigenvalue weighted by Crippen LogP contribution is 2.35. The van der Waals surface area contributed by atoms with Crippen molar-refractivity contribution in [1.29, 1.82) is 0 Å². The first-order valence-electron chi connectivity index (χ1n) is 7.03. The number of hydrogen-bond donors (Lipinski definition) is 1. The molecule has 4 nitrogen and oxygen atoms in total. The third kappa shape index (κ3) is 4.22. The van der Waals surface area contributed by atoms with Crippen molar-refractivity contribution >= 4 is 90.1 Å². The maximum Gasteiger partial charge on any atom is 0.293 e. The van der Waals surface area contributed by atoms with E-state index >= 15 is 0 Å². The second-order valence-electron chi connectivity index (χ2n) is 5.19. The Kier molecular flexibility index (Phi) is 6.11. The van der Waals surface area contributed by atoms with Gasteiger partial charge in [-0.25, -0.2) is 0 Å². The second-order valence-corrected chi connectivity index (χ2v) is 9.36. The summed E-state index contributed by atoms with van der Waals surface area (Å²) in [4.78, 5) is 26.5. The summed E-state index contributed by atoms with van der Waals surface area (Å²) in [6.45, 7) is 0.230. The number of imide groups is 1. The molecule has 0 spiro atoms. The molecule has 8 heteroatoms. The van der Waals surface area contributed by atoms with Gasteiger partial charge in [-0.1, -0.05) is 34.1 Å². The van der Waals surface area contributed by atoms with Crippen LogP contribution < -0.4 is 0 Å². The zero-order chi connectivity index (χ0) is 18.1. The Morgan fingerprint density at radius 1 is 1.16 bits per heavy atom. The monoisotopic (exact) mass is 641 g/mol. The van der Waals surface area contributed by atoms with Crippen molar-refractivity contribution in [3.63, 3.8) is 0 Å². The molecule has 1 fully saturated rings. The lowest BCUT2D eigenvalue weighted by molar-refractivity contribution is -0.123. The Bertz CT molecular complexity index is 894. The number of carbonyl (C=O) groups is 2. The van der Waals surface area contributed by atoms with Crippen LogP contribution in [0.2, 0.25) is 0 Å². The molecule has 0 bridgehead atoms. The van der Waals surface area contributed by atoms with Gasteiger partial charge in [-0.05, 0) is 92.3 Å². The van der Waals surface area contributed by atoms with Crippen LogP contribution in [0.4, 0.5) is 4.79 Å². The summed E-state index contributed by atoms with van der Waals surface area (Å²) in [5.74, 6) is -0.0794. The minimum absolute atomic E-state index is 0.223. The molecule has 1 heterocycles. The van der Waals surface area contributed by atoms with E-state index in [9.17, 15) is 14.7 Å². The molecule has 3 rings (SSSR count). The molecule has 128 valence electrons. The largest absolute Gasteiger partial charge is 0.506 e. The van der Waals surface area contributed by atoms with Crippen molar-refractivity contribution < 1.29 is 14.7 Å². The number of carbonyl (C=O) groups excluding carboxylic acids is 2. The Labute approximate surface area is 184 Å². The summed E-state index contributed by atoms with van der Waals surface area (Å²) in [5.41, 5.74) is 1.65. The standard InChI is InChI=1S/C17H10BrI2NO3S/c18-11-4-2-1-3-10(11)8-21-16(23)14(25-17(21)24)7-9-5-12(19)15(22)13(20)6-9/h1-7,22H,8H2/b14-7-. The molecule has 0 unspecified atom stereocenters. The van der Waals surface area contributed by atoms with E-state index in [-0.39, 0.29) is 23.4 Å². The van der Waals surface area contributed by atoms with Crippen LogP contribution >= 0.6 is 72.9 Å². The van der Waals surface area contributed by atoms with E-state index in [4.69, 9.17) is 0 Å². The summed E-state index contributed by atoms with van der Waals surface area (Å²) >= 11 is 8.44. The van der Waals surface area contributed by atoms with Crippen LogP contribution in [0.3, 0.4) is 0 Å². The molecule has 1 N–H and O–H groups in total. The van der Waals surface area contributed by atoms with Crippen LogP contribution in [-0.4, -0.2) is 21.2 Å². The number of hydrogen-bond acceptors (Lipinski definition) is 4. The average molecular weight is 642 g/mol. The van der Waals surface area contributed by atoms with Gasteiger partial charge in [-0.3, -0.25) is 14.5 Å². The average Bonchev–Trinajstić information content (AvgIpc) is 2.82. The van der Waals surface area contributed by atoms with Gasteiger partial charge in [-0.15, -0.1) is 0 Å². The van der Waals surface area contributed by atoms with Gasteiger partial charge >= 0.3 is 0 Å². The summed E-state index contributed by atoms with van der Waals surface area (Å²) < 4.78 is 2.26. The van der Waals surface area contributed by atoms with E-state index in [1.165, 1.54) is 4.90 Å². The van der Waals surface area contributed by atoms with Crippen LogP contribution in [0.1, 0.15) is 11.1 Å². The third-order valence-electron chi connectivity index (χ3n) is 3.50. The van der Waals surface area contributed by atoms with E-state index in [1.54, 1.807) is 18.2 Å². The van der Waals surface area contributed by atoms with Crippen molar-refractivity contribution in [3.05, 3.63) is 64.0 Å². The highest BCUT2D eigenvalue weighted by molar-refractivity contribution is 14.1. The minimum Gasteiger partial charge on any atom is -0.506 e. The first kappa shape index (κ1) is 19.2. The number of amides is 2. The molecule has 2 amide bonds. The topological polar surface area (TPSA) is 57.6 Å². The maximum atomic E-state index is 12.6. The number of halogens is 3. The lowest BCUT2D eigenvalue weighted by Crippen LogP contribution is -2.27. The summed E-state index contributed by atoms with van der Waals surface area (Å²) in [6.07, 6.45) is 1.69. The lowest BCUT2D eigenvalue weighted by Gasteiger charge is -2.13. The normalized spacial score (nSPS) is 16.1. The van der Waals surface area contributed by atoms with Gasteiger partial charge < -0.3 is 5.11 Å². The van der Waals surface area contributed by atoms with Crippen molar-refractivity contribution in [2.45, 2.75) is 6.54 Å². The SMILES string of the molecule is O=C1S/C(=C\c2cc(I)c(O)c(I)c2)C(=O)N1Cc1ccccc1Br. The Hall–Kier alpha value is -0.590. The summed E-state index contributed by atoms with van der Waals surface area (Å²) in [6, 6.07) is 11.1. The highest BCUT2D eigenvalue weighted by Gasteiger charge is 2.35. The summed E-state index contributed by atoms with van der Waals surface area (Å²) in [7, 11) is 0. The first-order valence-corrected chi connectivity index (χ1v) is 10.8. The molecule has 25 heavy (non-hydrogen) atoms. The van der Waals surface area contributed by atoms with Gasteiger partial charge in [0.05, 0.1) is 18.6 Å². The molecule has 0 aliphatic carbocycles. The van der Waals surface area contributed by atoms with E-state index in [0.717, 1.165) is 27.4 Å². The second kappa shape index (κ2) is 7.97. The zero-order valence-electron chi connectivity index (χ0n) is 12.5. The van der Waals surface area contributed by atoms with Gasteiger partial charge in [0.15, 0.2) is 0 Å². The molecule has 0 radical (unpaired) electrons. The van der Waals surface area contributed by atoms with Crippen LogP contribution in [-0.2, 0) is 11.3 Å². The van der Waals surface area contributed by atoms with Gasteiger partial charge in [0, 0.05) is 4.47 Å². The fourth-order valence-corrected chi connectivity index (χ4v) is 5.32. The molecule has 0 aromatic heterocycles. The molecule has 1 saturated heterocycles. The van der Waals surface area contributed by atoms with Crippen LogP contribution in [0.5, 0.6) is 5.75 Å². The number of aromatic hydroxyl groups is 1. The van der Waals surface area contributed by atoms with Gasteiger partial charge in [0.25, 0.3) is 11.1 Å². The third-order valence-corrected chi connectivity index (χ3v) is 6.82. The first-order chi connectivity index (χ1) is 11.9. The lowest BCUT2D eigenvalue weighted by atomic mass is 10.2. The minimum atomic E-state index is -0.302. The van der Waals surface area contributed by atoms with Crippen LogP contribution in [0.25, 0.3) is 6.08 Å². The molecular formula is C17H10BrI2NO3S. The molecule has 2 aromatic rings. The molecule has 0 atom stereocenters. The van der Waals surface area contributed by atoms with Crippen LogP contribution in [0, 0.1) is 7.14 Å². The quantitative estimate of drug-likeness (QED) is 0.350. The summed E-state index contributed by atoms with van der Waals surface area (Å²) in [5, 5.41) is 9.56. The fourth-order valence-electron chi connectivity index (χ4n) is 2.25. The fraction of sp³-hybridized carbons (Fsp3) is 0.0588. The molecule has 2 aromatic carbocycles. The number of rotatable bonds is 3. The number of phenolic OH excluding ortho intramolecular Hbond substituents is 1. The van der Waals surface area contributed by atoms with E-state index in [0.29, 0.717) is 12.0 Å². The Balaban J connectivity index is 1.87. The van der Waals surface area contributed by atoms with Gasteiger partial charge in [0.2, 0.25) is 0 Å². The predicted octanol–water partition coefficient (Wildman–Crippen LogP) is 5.60. The van der Waals surface area contributed by atoms with Crippen molar-refractivity contribution in [2.24, 2.45) is 0 Å². The van der Waals surface area contributed by atoms with Crippen LogP contribution in [0.15, 0.2) is 45.8 Å².